The maximum absolute atomic E-state index is 12.6. The van der Waals surface area contributed by atoms with Gasteiger partial charge in [0.2, 0.25) is 0 Å². The second-order valence-electron chi connectivity index (χ2n) is 7.06. The summed E-state index contributed by atoms with van der Waals surface area (Å²) in [5, 5.41) is 14.8. The predicted octanol–water partition coefficient (Wildman–Crippen LogP) is 1.83. The topological polar surface area (TPSA) is 126 Å². The molecule has 3 rings (SSSR count). The number of hydrogen-bond donors (Lipinski definition) is 2. The second-order valence-corrected chi connectivity index (χ2v) is 7.06. The van der Waals surface area contributed by atoms with Gasteiger partial charge in [-0.2, -0.15) is 0 Å². The lowest BCUT2D eigenvalue weighted by molar-refractivity contribution is -0.159. The zero-order valence-corrected chi connectivity index (χ0v) is 18.8. The van der Waals surface area contributed by atoms with Crippen molar-refractivity contribution in [3.05, 3.63) is 53.6 Å². The van der Waals surface area contributed by atoms with Crippen molar-refractivity contribution in [3.63, 3.8) is 0 Å². The molecule has 1 fully saturated rings. The number of carboxylic acid groups (broad SMARTS) is 2. The molecule has 10 nitrogen and oxygen atoms in total. The Bertz CT molecular complexity index is 944. The highest BCUT2D eigenvalue weighted by molar-refractivity contribution is 6.27. The van der Waals surface area contributed by atoms with Gasteiger partial charge in [-0.3, -0.25) is 9.69 Å². The summed E-state index contributed by atoms with van der Waals surface area (Å²) < 4.78 is 16.3. The summed E-state index contributed by atoms with van der Waals surface area (Å²) in [5.41, 5.74) is 1.78. The van der Waals surface area contributed by atoms with E-state index in [1.54, 1.807) is 21.3 Å². The first-order valence-corrected chi connectivity index (χ1v) is 10.1. The molecule has 2 aromatic carbocycles. The summed E-state index contributed by atoms with van der Waals surface area (Å²) in [7, 11) is 4.89. The van der Waals surface area contributed by atoms with E-state index >= 15 is 0 Å². The molecule has 0 spiro atoms. The smallest absolute Gasteiger partial charge is 0.414 e. The third-order valence-electron chi connectivity index (χ3n) is 5.04. The Balaban J connectivity index is 0.000000569. The van der Waals surface area contributed by atoms with E-state index in [4.69, 9.17) is 34.0 Å². The van der Waals surface area contributed by atoms with Crippen LogP contribution in [0.1, 0.15) is 15.9 Å². The van der Waals surface area contributed by atoms with Crippen LogP contribution in [0.3, 0.4) is 0 Å². The number of amides is 1. The van der Waals surface area contributed by atoms with Gasteiger partial charge in [0, 0.05) is 49.9 Å². The third kappa shape index (κ3) is 7.11. The van der Waals surface area contributed by atoms with Gasteiger partial charge in [-0.25, -0.2) is 9.59 Å². The molecule has 178 valence electrons. The Hall–Kier alpha value is -3.79. The minimum atomic E-state index is -1.82. The van der Waals surface area contributed by atoms with Crippen molar-refractivity contribution in [1.82, 2.24) is 9.80 Å². The summed E-state index contributed by atoms with van der Waals surface area (Å²) in [6.07, 6.45) is 0. The number of carboxylic acids is 2. The molecule has 1 aliphatic rings. The first-order valence-electron chi connectivity index (χ1n) is 10.1. The number of carbonyl (C=O) groups is 3. The molecule has 0 bridgehead atoms. The summed E-state index contributed by atoms with van der Waals surface area (Å²) in [5.74, 6) is -1.44. The van der Waals surface area contributed by atoms with Crippen molar-refractivity contribution >= 4 is 17.8 Å². The normalized spacial score (nSPS) is 13.4. The lowest BCUT2D eigenvalue weighted by Crippen LogP contribution is -2.48. The van der Waals surface area contributed by atoms with Crippen LogP contribution in [0.2, 0.25) is 0 Å². The van der Waals surface area contributed by atoms with Crippen LogP contribution in [0.25, 0.3) is 0 Å². The molecule has 0 aromatic heterocycles. The minimum absolute atomic E-state index is 0.0962. The van der Waals surface area contributed by atoms with E-state index in [0.29, 0.717) is 24.6 Å². The maximum Gasteiger partial charge on any atom is 0.414 e. The number of carbonyl (C=O) groups excluding carboxylic acids is 1. The first kappa shape index (κ1) is 25.5. The highest BCUT2D eigenvalue weighted by atomic mass is 16.5. The number of nitrogens with zero attached hydrogens (tertiary/aromatic N) is 2. The average Bonchev–Trinajstić information content (AvgIpc) is 2.84. The number of ether oxygens (including phenoxy) is 3. The molecule has 0 aliphatic carbocycles. The fraction of sp³-hybridized carbons (Fsp3) is 0.348. The van der Waals surface area contributed by atoms with Crippen LogP contribution >= 0.6 is 0 Å². The van der Waals surface area contributed by atoms with Crippen molar-refractivity contribution in [2.24, 2.45) is 0 Å². The molecular formula is C23H28N2O8. The molecule has 1 heterocycles. The lowest BCUT2D eigenvalue weighted by atomic mass is 10.1. The molecule has 0 radical (unpaired) electrons. The summed E-state index contributed by atoms with van der Waals surface area (Å²) in [4.78, 5) is 35.0. The van der Waals surface area contributed by atoms with E-state index in [2.05, 4.69) is 4.90 Å². The van der Waals surface area contributed by atoms with Gasteiger partial charge in [0.25, 0.3) is 5.91 Å². The number of hydrogen-bond acceptors (Lipinski definition) is 7. The number of benzene rings is 2. The Morgan fingerprint density at radius 2 is 1.30 bits per heavy atom. The van der Waals surface area contributed by atoms with Crippen molar-refractivity contribution in [3.8, 4) is 17.2 Å². The number of aliphatic carboxylic acids is 2. The largest absolute Gasteiger partial charge is 0.496 e. The summed E-state index contributed by atoms with van der Waals surface area (Å²) in [6.45, 7) is 3.79. The Kier molecular flexibility index (Phi) is 9.49. The van der Waals surface area contributed by atoms with Crippen molar-refractivity contribution in [1.29, 1.82) is 0 Å². The van der Waals surface area contributed by atoms with Gasteiger partial charge < -0.3 is 29.3 Å². The van der Waals surface area contributed by atoms with Gasteiger partial charge >= 0.3 is 11.9 Å². The van der Waals surface area contributed by atoms with Crippen molar-refractivity contribution in [2.45, 2.75) is 6.54 Å². The van der Waals surface area contributed by atoms with E-state index in [-0.39, 0.29) is 5.91 Å². The van der Waals surface area contributed by atoms with Gasteiger partial charge in [0.1, 0.15) is 5.75 Å². The molecule has 2 aromatic rings. The van der Waals surface area contributed by atoms with Crippen LogP contribution in [0.5, 0.6) is 17.2 Å². The number of rotatable bonds is 6. The van der Waals surface area contributed by atoms with Crippen LogP contribution in [0.15, 0.2) is 42.5 Å². The van der Waals surface area contributed by atoms with Crippen molar-refractivity contribution in [2.75, 3.05) is 47.5 Å². The first-order chi connectivity index (χ1) is 15.8. The standard InChI is InChI=1S/C21H26N2O4.C2H2O4/c1-25-18-14-20(27-3)19(26-2)13-17(18)15-22-9-11-23(12-10-22)21(24)16-7-5-4-6-8-16;3-1(4)2(5)6/h4-8,13-14H,9-12,15H2,1-3H3;(H,3,4)(H,5,6). The molecular weight excluding hydrogens is 432 g/mol. The summed E-state index contributed by atoms with van der Waals surface area (Å²) >= 11 is 0. The highest BCUT2D eigenvalue weighted by Crippen LogP contribution is 2.35. The van der Waals surface area contributed by atoms with Gasteiger partial charge in [-0.05, 0) is 18.2 Å². The summed E-state index contributed by atoms with van der Waals surface area (Å²) in [6, 6.07) is 13.2. The Morgan fingerprint density at radius 1 is 0.788 bits per heavy atom. The molecule has 10 heteroatoms. The van der Waals surface area contributed by atoms with E-state index < -0.39 is 11.9 Å². The molecule has 1 saturated heterocycles. The van der Waals surface area contributed by atoms with Gasteiger partial charge in [-0.15, -0.1) is 0 Å². The van der Waals surface area contributed by atoms with E-state index in [9.17, 15) is 4.79 Å². The van der Waals surface area contributed by atoms with Gasteiger partial charge in [-0.1, -0.05) is 18.2 Å². The zero-order chi connectivity index (χ0) is 24.4. The Labute approximate surface area is 191 Å². The molecule has 1 amide bonds. The van der Waals surface area contributed by atoms with Crippen LogP contribution in [-0.4, -0.2) is 85.4 Å². The van der Waals surface area contributed by atoms with E-state index in [1.807, 2.05) is 47.4 Å². The Morgan fingerprint density at radius 3 is 1.79 bits per heavy atom. The maximum atomic E-state index is 12.6. The molecule has 1 aliphatic heterocycles. The number of methoxy groups -OCH3 is 3. The second kappa shape index (κ2) is 12.3. The van der Waals surface area contributed by atoms with Gasteiger partial charge in [0.15, 0.2) is 11.5 Å². The lowest BCUT2D eigenvalue weighted by Gasteiger charge is -2.35. The van der Waals surface area contributed by atoms with Crippen LogP contribution < -0.4 is 14.2 Å². The van der Waals surface area contributed by atoms with E-state index in [1.165, 1.54) is 0 Å². The number of piperazine rings is 1. The zero-order valence-electron chi connectivity index (χ0n) is 18.8. The fourth-order valence-electron chi connectivity index (χ4n) is 3.33. The third-order valence-corrected chi connectivity index (χ3v) is 5.04. The molecule has 2 N–H and O–H groups in total. The van der Waals surface area contributed by atoms with Crippen LogP contribution in [0.4, 0.5) is 0 Å². The van der Waals surface area contributed by atoms with Crippen LogP contribution in [-0.2, 0) is 16.1 Å². The van der Waals surface area contributed by atoms with Gasteiger partial charge in [0.05, 0.1) is 21.3 Å². The molecule has 33 heavy (non-hydrogen) atoms. The molecule has 0 atom stereocenters. The van der Waals surface area contributed by atoms with E-state index in [0.717, 1.165) is 36.5 Å². The average molecular weight is 460 g/mol. The highest BCUT2D eigenvalue weighted by Gasteiger charge is 2.23. The predicted molar refractivity (Wildman–Crippen MR) is 119 cm³/mol. The fourth-order valence-corrected chi connectivity index (χ4v) is 3.33. The monoisotopic (exact) mass is 460 g/mol. The minimum Gasteiger partial charge on any atom is -0.496 e. The molecule has 0 saturated carbocycles. The SMILES string of the molecule is COc1cc(OC)c(OC)cc1CN1CCN(C(=O)c2ccccc2)CC1.O=C(O)C(=O)O. The van der Waals surface area contributed by atoms with Crippen LogP contribution in [0, 0.1) is 0 Å². The molecule has 0 unspecified atom stereocenters. The van der Waals surface area contributed by atoms with Crippen molar-refractivity contribution < 1.29 is 38.8 Å². The quantitative estimate of drug-likeness (QED) is 0.621.